The van der Waals surface area contributed by atoms with Crippen LogP contribution in [-0.4, -0.2) is 30.0 Å². The molecule has 0 saturated heterocycles. The minimum absolute atomic E-state index is 0.745. The van der Waals surface area contributed by atoms with E-state index < -0.39 is 0 Å². The van der Waals surface area contributed by atoms with Gasteiger partial charge in [0.25, 0.3) is 0 Å². The summed E-state index contributed by atoms with van der Waals surface area (Å²) in [5, 5.41) is 7.49. The van der Waals surface area contributed by atoms with Crippen molar-refractivity contribution in [2.24, 2.45) is 7.05 Å². The molecular weight excluding hydrogens is 258 g/mol. The van der Waals surface area contributed by atoms with Crippen LogP contribution in [0.1, 0.15) is 5.56 Å². The third-order valence-corrected chi connectivity index (χ3v) is 3.61. The van der Waals surface area contributed by atoms with E-state index in [2.05, 4.69) is 34.7 Å². The average Bonchev–Trinajstić information content (AvgIpc) is 2.82. The van der Waals surface area contributed by atoms with Gasteiger partial charge in [-0.25, -0.2) is 0 Å². The fourth-order valence-corrected chi connectivity index (χ4v) is 2.52. The molecule has 0 aliphatic rings. The monoisotopic (exact) mass is 277 g/mol. The van der Waals surface area contributed by atoms with E-state index in [1.807, 2.05) is 24.1 Å². The largest absolute Gasteiger partial charge is 0.383 e. The van der Waals surface area contributed by atoms with Crippen molar-refractivity contribution >= 4 is 11.8 Å². The summed E-state index contributed by atoms with van der Waals surface area (Å²) in [6.45, 7) is 2.50. The molecule has 2 aromatic rings. The van der Waals surface area contributed by atoms with Gasteiger partial charge in [-0.05, 0) is 17.7 Å². The van der Waals surface area contributed by atoms with E-state index in [0.29, 0.717) is 0 Å². The van der Waals surface area contributed by atoms with Crippen LogP contribution in [0.25, 0.3) is 0 Å². The molecule has 19 heavy (non-hydrogen) atoms. The van der Waals surface area contributed by atoms with Crippen LogP contribution in [0.3, 0.4) is 0 Å². The minimum atomic E-state index is 0.745. The van der Waals surface area contributed by atoms with Gasteiger partial charge in [0.2, 0.25) is 0 Å². The molecule has 0 bridgehead atoms. The standard InChI is InChI=1S/C14H19N3OS/c1-17-11-14(10-16-17)19-13-5-3-12(4-6-13)9-15-7-8-18-2/h3-6,10-11,15H,7-9H2,1-2H3. The number of hydrogen-bond donors (Lipinski definition) is 1. The molecule has 4 nitrogen and oxygen atoms in total. The quantitative estimate of drug-likeness (QED) is 0.788. The minimum Gasteiger partial charge on any atom is -0.383 e. The van der Waals surface area contributed by atoms with Crippen molar-refractivity contribution < 1.29 is 4.74 Å². The summed E-state index contributed by atoms with van der Waals surface area (Å²) in [7, 11) is 3.64. The Labute approximate surface area is 118 Å². The van der Waals surface area contributed by atoms with Crippen LogP contribution in [0.4, 0.5) is 0 Å². The van der Waals surface area contributed by atoms with Gasteiger partial charge >= 0.3 is 0 Å². The zero-order chi connectivity index (χ0) is 13.5. The van der Waals surface area contributed by atoms with Crippen molar-refractivity contribution in [3.63, 3.8) is 0 Å². The van der Waals surface area contributed by atoms with Crippen LogP contribution in [-0.2, 0) is 18.3 Å². The van der Waals surface area contributed by atoms with E-state index >= 15 is 0 Å². The molecule has 0 spiro atoms. The molecule has 5 heteroatoms. The molecule has 0 unspecified atom stereocenters. The van der Waals surface area contributed by atoms with Crippen molar-refractivity contribution in [1.82, 2.24) is 15.1 Å². The Bertz CT molecular complexity index is 496. The molecule has 0 aliphatic heterocycles. The first-order chi connectivity index (χ1) is 9.28. The van der Waals surface area contributed by atoms with Gasteiger partial charge in [-0.2, -0.15) is 5.10 Å². The predicted octanol–water partition coefficient (Wildman–Crippen LogP) is 2.31. The number of hydrogen-bond acceptors (Lipinski definition) is 4. The normalized spacial score (nSPS) is 10.8. The number of ether oxygens (including phenoxy) is 1. The third-order valence-electron chi connectivity index (χ3n) is 2.65. The van der Waals surface area contributed by atoms with E-state index in [4.69, 9.17) is 4.74 Å². The van der Waals surface area contributed by atoms with Gasteiger partial charge < -0.3 is 10.1 Å². The molecule has 0 atom stereocenters. The molecule has 0 radical (unpaired) electrons. The van der Waals surface area contributed by atoms with Gasteiger partial charge in [0, 0.05) is 38.3 Å². The molecule has 0 saturated carbocycles. The van der Waals surface area contributed by atoms with E-state index in [1.165, 1.54) is 10.5 Å². The molecule has 1 N–H and O–H groups in total. The fraction of sp³-hybridized carbons (Fsp3) is 0.357. The molecule has 2 rings (SSSR count). The number of benzene rings is 1. The summed E-state index contributed by atoms with van der Waals surface area (Å²) in [6.07, 6.45) is 3.90. The Morgan fingerprint density at radius 1 is 1.26 bits per heavy atom. The first-order valence-corrected chi connectivity index (χ1v) is 7.04. The van der Waals surface area contributed by atoms with Crippen molar-refractivity contribution in [1.29, 1.82) is 0 Å². The van der Waals surface area contributed by atoms with E-state index in [-0.39, 0.29) is 0 Å². The van der Waals surface area contributed by atoms with Crippen molar-refractivity contribution in [2.75, 3.05) is 20.3 Å². The van der Waals surface area contributed by atoms with Gasteiger partial charge in [0.05, 0.1) is 17.7 Å². The number of aromatic nitrogens is 2. The van der Waals surface area contributed by atoms with E-state index in [0.717, 1.165) is 24.6 Å². The maximum absolute atomic E-state index is 4.99. The van der Waals surface area contributed by atoms with Crippen molar-refractivity contribution in [2.45, 2.75) is 16.3 Å². The highest BCUT2D eigenvalue weighted by molar-refractivity contribution is 7.99. The lowest BCUT2D eigenvalue weighted by atomic mass is 10.2. The van der Waals surface area contributed by atoms with Gasteiger partial charge in [-0.15, -0.1) is 0 Å². The number of aryl methyl sites for hydroxylation is 1. The molecule has 0 aliphatic carbocycles. The average molecular weight is 277 g/mol. The molecule has 1 heterocycles. The Morgan fingerprint density at radius 2 is 2.05 bits per heavy atom. The SMILES string of the molecule is COCCNCc1ccc(Sc2cnn(C)c2)cc1. The third kappa shape index (κ3) is 4.70. The van der Waals surface area contributed by atoms with Gasteiger partial charge in [-0.3, -0.25) is 4.68 Å². The summed E-state index contributed by atoms with van der Waals surface area (Å²) in [5.41, 5.74) is 1.28. The van der Waals surface area contributed by atoms with Crippen molar-refractivity contribution in [3.8, 4) is 0 Å². The second-order valence-electron chi connectivity index (χ2n) is 4.27. The second kappa shape index (κ2) is 7.33. The Kier molecular flexibility index (Phi) is 5.44. The van der Waals surface area contributed by atoms with E-state index in [9.17, 15) is 0 Å². The lowest BCUT2D eigenvalue weighted by molar-refractivity contribution is 0.199. The fourth-order valence-electron chi connectivity index (χ4n) is 1.67. The zero-order valence-corrected chi connectivity index (χ0v) is 12.1. The van der Waals surface area contributed by atoms with Crippen LogP contribution >= 0.6 is 11.8 Å². The maximum Gasteiger partial charge on any atom is 0.0629 e. The molecule has 0 fully saturated rings. The lowest BCUT2D eigenvalue weighted by Gasteiger charge is -2.05. The highest BCUT2D eigenvalue weighted by atomic mass is 32.2. The predicted molar refractivity (Wildman–Crippen MR) is 77.4 cm³/mol. The first-order valence-electron chi connectivity index (χ1n) is 6.23. The lowest BCUT2D eigenvalue weighted by Crippen LogP contribution is -2.18. The molecule has 1 aromatic carbocycles. The molecule has 0 amide bonds. The van der Waals surface area contributed by atoms with Crippen LogP contribution in [0.5, 0.6) is 0 Å². The first kappa shape index (κ1) is 14.1. The topological polar surface area (TPSA) is 39.1 Å². The number of nitrogens with zero attached hydrogens (tertiary/aromatic N) is 2. The summed E-state index contributed by atoms with van der Waals surface area (Å²) < 4.78 is 6.81. The van der Waals surface area contributed by atoms with Gasteiger partial charge in [0.15, 0.2) is 0 Å². The highest BCUT2D eigenvalue weighted by Crippen LogP contribution is 2.26. The molecule has 1 aromatic heterocycles. The summed E-state index contributed by atoms with van der Waals surface area (Å²) in [6, 6.07) is 8.59. The molecular formula is C14H19N3OS. The van der Waals surface area contributed by atoms with Crippen LogP contribution in [0, 0.1) is 0 Å². The maximum atomic E-state index is 4.99. The van der Waals surface area contributed by atoms with Gasteiger partial charge in [-0.1, -0.05) is 23.9 Å². The Hall–Kier alpha value is -1.30. The smallest absolute Gasteiger partial charge is 0.0629 e. The number of nitrogens with one attached hydrogen (secondary N) is 1. The number of methoxy groups -OCH3 is 1. The van der Waals surface area contributed by atoms with Crippen LogP contribution in [0.2, 0.25) is 0 Å². The van der Waals surface area contributed by atoms with E-state index in [1.54, 1.807) is 18.9 Å². The summed E-state index contributed by atoms with van der Waals surface area (Å²) in [4.78, 5) is 2.39. The second-order valence-corrected chi connectivity index (χ2v) is 5.41. The highest BCUT2D eigenvalue weighted by Gasteiger charge is 2.00. The zero-order valence-electron chi connectivity index (χ0n) is 11.3. The van der Waals surface area contributed by atoms with Gasteiger partial charge in [0.1, 0.15) is 0 Å². The van der Waals surface area contributed by atoms with Crippen molar-refractivity contribution in [3.05, 3.63) is 42.2 Å². The Morgan fingerprint density at radius 3 is 2.68 bits per heavy atom. The molecule has 102 valence electrons. The summed E-state index contributed by atoms with van der Waals surface area (Å²) in [5.74, 6) is 0. The summed E-state index contributed by atoms with van der Waals surface area (Å²) >= 11 is 1.73. The van der Waals surface area contributed by atoms with Crippen LogP contribution in [0.15, 0.2) is 46.5 Å². The van der Waals surface area contributed by atoms with Crippen LogP contribution < -0.4 is 5.32 Å². The number of rotatable bonds is 7. The Balaban J connectivity index is 1.84.